The third-order valence-electron chi connectivity index (χ3n) is 5.68. The van der Waals surface area contributed by atoms with Crippen LogP contribution in [0.25, 0.3) is 0 Å². The number of carbonyl (C=O) groups excluding carboxylic acids is 1. The van der Waals surface area contributed by atoms with Crippen LogP contribution in [0.1, 0.15) is 43.5 Å². The number of hydrogen-bond acceptors (Lipinski definition) is 8. The maximum atomic E-state index is 13.9. The zero-order valence-corrected chi connectivity index (χ0v) is 19.4. The van der Waals surface area contributed by atoms with E-state index in [0.717, 1.165) is 6.42 Å². The maximum Gasteiger partial charge on any atom is 0.330 e. The second-order valence-corrected chi connectivity index (χ2v) is 8.01. The first-order valence-electron chi connectivity index (χ1n) is 11.4. The molecule has 3 rings (SSSR count). The van der Waals surface area contributed by atoms with Crippen LogP contribution in [0.3, 0.4) is 0 Å². The van der Waals surface area contributed by atoms with Gasteiger partial charge in [-0.05, 0) is 18.9 Å². The molecule has 184 valence electrons. The fourth-order valence-corrected chi connectivity index (χ4v) is 3.95. The zero-order valence-electron chi connectivity index (χ0n) is 19.4. The van der Waals surface area contributed by atoms with Gasteiger partial charge in [-0.15, -0.1) is 0 Å². The van der Waals surface area contributed by atoms with E-state index in [9.17, 15) is 24.5 Å². The molecule has 0 atom stereocenters. The van der Waals surface area contributed by atoms with Gasteiger partial charge in [0.2, 0.25) is 0 Å². The molecule has 2 heterocycles. The van der Waals surface area contributed by atoms with Gasteiger partial charge in [0.1, 0.15) is 5.82 Å². The monoisotopic (exact) mass is 474 g/mol. The van der Waals surface area contributed by atoms with Crippen molar-refractivity contribution in [1.82, 2.24) is 9.55 Å². The van der Waals surface area contributed by atoms with Crippen LogP contribution in [-0.4, -0.2) is 53.2 Å². The molecule has 2 aromatic rings. The molecule has 34 heavy (non-hydrogen) atoms. The molecular formula is C22H30N6O6. The third kappa shape index (κ3) is 5.11. The lowest BCUT2D eigenvalue weighted by Crippen LogP contribution is -2.43. The van der Waals surface area contributed by atoms with Gasteiger partial charge < -0.3 is 20.3 Å². The molecule has 0 unspecified atom stereocenters. The number of aromatic nitrogens is 2. The molecule has 12 nitrogen and oxygen atoms in total. The lowest BCUT2D eigenvalue weighted by atomic mass is 10.1. The largest absolute Gasteiger partial charge is 0.383 e. The third-order valence-corrected chi connectivity index (χ3v) is 5.68. The maximum absolute atomic E-state index is 13.9. The van der Waals surface area contributed by atoms with E-state index in [4.69, 9.17) is 10.5 Å². The van der Waals surface area contributed by atoms with Crippen LogP contribution in [0.5, 0.6) is 0 Å². The number of ether oxygens (including phenoxy) is 1. The highest BCUT2D eigenvalue weighted by Crippen LogP contribution is 2.30. The number of benzene rings is 1. The number of carbonyl (C=O) groups is 1. The van der Waals surface area contributed by atoms with Gasteiger partial charge in [0, 0.05) is 38.3 Å². The Labute approximate surface area is 196 Å². The lowest BCUT2D eigenvalue weighted by molar-refractivity contribution is -0.384. The van der Waals surface area contributed by atoms with Crippen LogP contribution in [0, 0.1) is 10.1 Å². The standard InChI is InChI=1S/C22H30N6O6/c1-3-5-9-26(18-19(23)27(8-4-2)22(31)24-20(18)29)21(30)16-14-15(28(32)33)6-7-17(16)25-10-12-34-13-11-25/h6-7,14H,3-5,8-13,23H2,1-2H3,(H,24,29,31). The summed E-state index contributed by atoms with van der Waals surface area (Å²) in [6.45, 7) is 6.14. The van der Waals surface area contributed by atoms with Crippen molar-refractivity contribution in [2.45, 2.75) is 39.7 Å². The van der Waals surface area contributed by atoms with Gasteiger partial charge in [0.05, 0.1) is 29.4 Å². The van der Waals surface area contributed by atoms with Crippen LogP contribution in [0.15, 0.2) is 27.8 Å². The Bertz CT molecular complexity index is 1170. The van der Waals surface area contributed by atoms with Gasteiger partial charge in [-0.25, -0.2) is 4.79 Å². The number of nitrogens with zero attached hydrogens (tertiary/aromatic N) is 4. The topological polar surface area (TPSA) is 157 Å². The fraction of sp³-hybridized carbons (Fsp3) is 0.500. The van der Waals surface area contributed by atoms with Crippen LogP contribution >= 0.6 is 0 Å². The summed E-state index contributed by atoms with van der Waals surface area (Å²) in [6.07, 6.45) is 1.87. The van der Waals surface area contributed by atoms with Crippen molar-refractivity contribution in [2.75, 3.05) is 48.4 Å². The molecule has 0 saturated carbocycles. The Morgan fingerprint density at radius 3 is 2.56 bits per heavy atom. The lowest BCUT2D eigenvalue weighted by Gasteiger charge is -2.31. The van der Waals surface area contributed by atoms with Crippen LogP contribution in [0.4, 0.5) is 22.9 Å². The van der Waals surface area contributed by atoms with Crippen molar-refractivity contribution < 1.29 is 14.5 Å². The van der Waals surface area contributed by atoms with E-state index in [1.807, 2.05) is 18.7 Å². The first-order chi connectivity index (χ1) is 16.3. The summed E-state index contributed by atoms with van der Waals surface area (Å²) >= 11 is 0. The summed E-state index contributed by atoms with van der Waals surface area (Å²) in [5.74, 6) is -0.712. The second-order valence-electron chi connectivity index (χ2n) is 8.01. The Morgan fingerprint density at radius 1 is 1.24 bits per heavy atom. The Balaban J connectivity index is 2.18. The summed E-state index contributed by atoms with van der Waals surface area (Å²) in [5, 5.41) is 11.5. The molecule has 1 amide bonds. The number of nitrogens with one attached hydrogen (secondary N) is 1. The molecule has 1 aliphatic heterocycles. The summed E-state index contributed by atoms with van der Waals surface area (Å²) < 4.78 is 6.61. The summed E-state index contributed by atoms with van der Waals surface area (Å²) in [6, 6.07) is 4.11. The van der Waals surface area contributed by atoms with Crippen LogP contribution in [-0.2, 0) is 11.3 Å². The minimum absolute atomic E-state index is 0.0826. The van der Waals surface area contributed by atoms with Crippen molar-refractivity contribution >= 4 is 28.8 Å². The Morgan fingerprint density at radius 2 is 1.94 bits per heavy atom. The average molecular weight is 475 g/mol. The number of H-pyrrole nitrogens is 1. The fourth-order valence-electron chi connectivity index (χ4n) is 3.95. The quantitative estimate of drug-likeness (QED) is 0.411. The number of unbranched alkanes of at least 4 members (excludes halogenated alkanes) is 1. The van der Waals surface area contributed by atoms with Crippen molar-refractivity contribution in [3.8, 4) is 0 Å². The average Bonchev–Trinajstić information content (AvgIpc) is 2.83. The minimum Gasteiger partial charge on any atom is -0.383 e. The number of nitrogen functional groups attached to an aromatic ring is 1. The molecule has 0 spiro atoms. The van der Waals surface area contributed by atoms with Gasteiger partial charge in [-0.2, -0.15) is 0 Å². The van der Waals surface area contributed by atoms with E-state index in [2.05, 4.69) is 4.98 Å². The highest BCUT2D eigenvalue weighted by molar-refractivity contribution is 6.11. The predicted molar refractivity (Wildman–Crippen MR) is 129 cm³/mol. The number of non-ortho nitro benzene ring substituents is 1. The first kappa shape index (κ1) is 25.0. The molecule has 1 aliphatic rings. The van der Waals surface area contributed by atoms with Gasteiger partial charge in [0.25, 0.3) is 17.2 Å². The van der Waals surface area contributed by atoms with Crippen LogP contribution < -0.4 is 26.8 Å². The molecular weight excluding hydrogens is 444 g/mol. The number of rotatable bonds is 9. The first-order valence-corrected chi connectivity index (χ1v) is 11.4. The van der Waals surface area contributed by atoms with E-state index in [1.165, 1.54) is 21.6 Å². The highest BCUT2D eigenvalue weighted by Gasteiger charge is 2.29. The van der Waals surface area contributed by atoms with Crippen molar-refractivity contribution in [3.63, 3.8) is 0 Å². The molecule has 1 saturated heterocycles. The number of aromatic amines is 1. The van der Waals surface area contributed by atoms with Crippen LogP contribution in [0.2, 0.25) is 0 Å². The molecule has 0 aliphatic carbocycles. The number of nitrogens with two attached hydrogens (primary N) is 1. The van der Waals surface area contributed by atoms with E-state index >= 15 is 0 Å². The SMILES string of the molecule is CCCCN(C(=O)c1cc([N+](=O)[O-])ccc1N1CCOCC1)c1c(N)n(CCC)c(=O)[nH]c1=O. The van der Waals surface area contributed by atoms with Crippen molar-refractivity contribution in [1.29, 1.82) is 0 Å². The smallest absolute Gasteiger partial charge is 0.330 e. The molecule has 0 bridgehead atoms. The van der Waals surface area contributed by atoms with Gasteiger partial charge in [-0.3, -0.25) is 29.3 Å². The summed E-state index contributed by atoms with van der Waals surface area (Å²) in [4.78, 5) is 55.3. The van der Waals surface area contributed by atoms with Crippen molar-refractivity contribution in [2.24, 2.45) is 0 Å². The Hall–Kier alpha value is -3.67. The van der Waals surface area contributed by atoms with Crippen molar-refractivity contribution in [3.05, 3.63) is 54.7 Å². The second kappa shape index (κ2) is 11.0. The number of hydrogen-bond donors (Lipinski definition) is 2. The Kier molecular flexibility index (Phi) is 8.05. The van der Waals surface area contributed by atoms with Gasteiger partial charge in [-0.1, -0.05) is 20.3 Å². The van der Waals surface area contributed by atoms with E-state index in [0.29, 0.717) is 44.8 Å². The number of nitro groups is 1. The number of morpholine rings is 1. The van der Waals surface area contributed by atoms with Gasteiger partial charge in [0.15, 0.2) is 5.69 Å². The molecule has 1 aromatic heterocycles. The number of nitro benzene ring substituents is 1. The molecule has 0 radical (unpaired) electrons. The minimum atomic E-state index is -0.780. The van der Waals surface area contributed by atoms with Gasteiger partial charge >= 0.3 is 5.69 Å². The number of anilines is 3. The van der Waals surface area contributed by atoms with E-state index < -0.39 is 22.1 Å². The summed E-state index contributed by atoms with van der Waals surface area (Å²) in [5.41, 5.74) is 5.02. The predicted octanol–water partition coefficient (Wildman–Crippen LogP) is 1.72. The summed E-state index contributed by atoms with van der Waals surface area (Å²) in [7, 11) is 0. The van der Waals surface area contributed by atoms with E-state index in [1.54, 1.807) is 6.07 Å². The molecule has 3 N–H and O–H groups in total. The molecule has 12 heteroatoms. The zero-order chi connectivity index (χ0) is 24.8. The normalized spacial score (nSPS) is 13.6. The van der Waals surface area contributed by atoms with E-state index in [-0.39, 0.29) is 35.8 Å². The molecule has 1 fully saturated rings. The highest BCUT2D eigenvalue weighted by atomic mass is 16.6. The molecule has 1 aromatic carbocycles. The number of amides is 1.